The van der Waals surface area contributed by atoms with Crippen LogP contribution in [0.1, 0.15) is 15.9 Å². The molecule has 1 aromatic carbocycles. The second-order valence-electron chi connectivity index (χ2n) is 5.86. The molecule has 0 bridgehead atoms. The van der Waals surface area contributed by atoms with Crippen LogP contribution in [0.3, 0.4) is 0 Å². The Bertz CT molecular complexity index is 793. The van der Waals surface area contributed by atoms with E-state index in [0.717, 1.165) is 17.8 Å². The van der Waals surface area contributed by atoms with Crippen molar-refractivity contribution in [1.82, 2.24) is 9.88 Å². The summed E-state index contributed by atoms with van der Waals surface area (Å²) in [5.74, 6) is -0.492. The maximum atomic E-state index is 12.6. The number of likely N-dealkylation sites (N-methyl/N-ethyl adjacent to an activating group) is 1. The summed E-state index contributed by atoms with van der Waals surface area (Å²) in [5.41, 5.74) is 2.98. The number of nitrogens with zero attached hydrogens (tertiary/aromatic N) is 3. The minimum Gasteiger partial charge on any atom is -0.465 e. The summed E-state index contributed by atoms with van der Waals surface area (Å²) in [6, 6.07) is 9.37. The number of aromatic nitrogens is 1. The number of amides is 2. The fourth-order valence-corrected chi connectivity index (χ4v) is 2.81. The molecule has 1 aliphatic heterocycles. The number of ether oxygens (including phenoxy) is 1. The molecule has 0 saturated heterocycles. The molecule has 0 atom stereocenters. The van der Waals surface area contributed by atoms with Gasteiger partial charge < -0.3 is 19.9 Å². The van der Waals surface area contributed by atoms with Gasteiger partial charge in [-0.15, -0.1) is 0 Å². The van der Waals surface area contributed by atoms with Crippen LogP contribution in [0, 0.1) is 0 Å². The zero-order chi connectivity index (χ0) is 17.8. The summed E-state index contributed by atoms with van der Waals surface area (Å²) < 4.78 is 4.67. The van der Waals surface area contributed by atoms with Gasteiger partial charge in [0, 0.05) is 38.6 Å². The number of methoxy groups -OCH3 is 1. The van der Waals surface area contributed by atoms with Crippen LogP contribution in [-0.2, 0) is 11.3 Å². The molecule has 3 rings (SSSR count). The molecule has 0 fully saturated rings. The van der Waals surface area contributed by atoms with Gasteiger partial charge in [0.15, 0.2) is 0 Å². The lowest BCUT2D eigenvalue weighted by atomic mass is 10.1. The molecule has 0 unspecified atom stereocenters. The maximum absolute atomic E-state index is 12.6. The number of esters is 1. The van der Waals surface area contributed by atoms with Crippen molar-refractivity contribution in [1.29, 1.82) is 0 Å². The predicted molar refractivity (Wildman–Crippen MR) is 94.7 cm³/mol. The second-order valence-corrected chi connectivity index (χ2v) is 5.86. The van der Waals surface area contributed by atoms with Crippen molar-refractivity contribution in [2.45, 2.75) is 6.54 Å². The molecule has 130 valence electrons. The topological polar surface area (TPSA) is 74.8 Å². The summed E-state index contributed by atoms with van der Waals surface area (Å²) in [4.78, 5) is 32.1. The lowest BCUT2D eigenvalue weighted by molar-refractivity contribution is 0.0600. The van der Waals surface area contributed by atoms with Gasteiger partial charge in [-0.25, -0.2) is 9.59 Å². The highest BCUT2D eigenvalue weighted by Crippen LogP contribution is 2.24. The molecule has 25 heavy (non-hydrogen) atoms. The highest BCUT2D eigenvalue weighted by atomic mass is 16.5. The molecule has 0 spiro atoms. The number of carbonyl (C=O) groups excluding carboxylic acids is 2. The lowest BCUT2D eigenvalue weighted by Crippen LogP contribution is -2.37. The van der Waals surface area contributed by atoms with E-state index < -0.39 is 5.97 Å². The number of rotatable bonds is 2. The van der Waals surface area contributed by atoms with Gasteiger partial charge in [-0.1, -0.05) is 18.2 Å². The Morgan fingerprint density at radius 1 is 1.20 bits per heavy atom. The molecule has 7 nitrogen and oxygen atoms in total. The zero-order valence-corrected chi connectivity index (χ0v) is 14.2. The van der Waals surface area contributed by atoms with Gasteiger partial charge in [-0.3, -0.25) is 4.98 Å². The summed E-state index contributed by atoms with van der Waals surface area (Å²) >= 11 is 0. The first kappa shape index (κ1) is 16.8. The van der Waals surface area contributed by atoms with Crippen LogP contribution in [-0.4, -0.2) is 49.1 Å². The first-order valence-corrected chi connectivity index (χ1v) is 7.97. The van der Waals surface area contributed by atoms with E-state index in [0.29, 0.717) is 24.3 Å². The van der Waals surface area contributed by atoms with Crippen LogP contribution in [0.5, 0.6) is 0 Å². The molecule has 2 amide bonds. The number of anilines is 2. The minimum absolute atomic E-state index is 0.228. The van der Waals surface area contributed by atoms with Crippen molar-refractivity contribution < 1.29 is 14.3 Å². The fourth-order valence-electron chi connectivity index (χ4n) is 2.81. The van der Waals surface area contributed by atoms with E-state index >= 15 is 0 Å². The van der Waals surface area contributed by atoms with Crippen LogP contribution in [0.2, 0.25) is 0 Å². The third-order valence-electron chi connectivity index (χ3n) is 4.17. The van der Waals surface area contributed by atoms with Crippen LogP contribution in [0.25, 0.3) is 0 Å². The molecular formula is C18H20N4O3. The van der Waals surface area contributed by atoms with E-state index in [1.165, 1.54) is 19.5 Å². The van der Waals surface area contributed by atoms with E-state index in [4.69, 9.17) is 0 Å². The van der Waals surface area contributed by atoms with Crippen LogP contribution < -0.4 is 10.2 Å². The molecule has 0 saturated carbocycles. The van der Waals surface area contributed by atoms with Crippen molar-refractivity contribution in [2.24, 2.45) is 0 Å². The number of para-hydroxylation sites is 1. The van der Waals surface area contributed by atoms with Crippen molar-refractivity contribution >= 4 is 23.4 Å². The molecule has 1 aromatic heterocycles. The number of hydrogen-bond donors (Lipinski definition) is 1. The van der Waals surface area contributed by atoms with Crippen molar-refractivity contribution in [2.75, 3.05) is 37.5 Å². The van der Waals surface area contributed by atoms with Crippen molar-refractivity contribution in [3.05, 3.63) is 53.9 Å². The first-order chi connectivity index (χ1) is 12.1. The third-order valence-corrected chi connectivity index (χ3v) is 4.17. The van der Waals surface area contributed by atoms with Gasteiger partial charge in [0.1, 0.15) is 0 Å². The number of urea groups is 1. The van der Waals surface area contributed by atoms with E-state index in [2.05, 4.69) is 26.0 Å². The SMILES string of the molecule is COC(=O)c1cncc(NC(=O)N2CCN(C)c3ccccc3C2)c1. The molecule has 0 aliphatic carbocycles. The smallest absolute Gasteiger partial charge is 0.339 e. The van der Waals surface area contributed by atoms with E-state index in [1.807, 2.05) is 25.2 Å². The predicted octanol–water partition coefficient (Wildman–Crippen LogP) is 2.35. The third kappa shape index (κ3) is 3.71. The molecule has 1 aliphatic rings. The number of benzene rings is 1. The Kier molecular flexibility index (Phi) is 4.83. The van der Waals surface area contributed by atoms with E-state index in [1.54, 1.807) is 11.0 Å². The van der Waals surface area contributed by atoms with Crippen molar-refractivity contribution in [3.8, 4) is 0 Å². The highest BCUT2D eigenvalue weighted by molar-refractivity contribution is 5.93. The van der Waals surface area contributed by atoms with Crippen LogP contribution >= 0.6 is 0 Å². The lowest BCUT2D eigenvalue weighted by Gasteiger charge is -2.21. The fraction of sp³-hybridized carbons (Fsp3) is 0.278. The number of pyridine rings is 1. The van der Waals surface area contributed by atoms with Gasteiger partial charge in [0.2, 0.25) is 0 Å². The average Bonchev–Trinajstić information content (AvgIpc) is 2.81. The Balaban J connectivity index is 1.75. The van der Waals surface area contributed by atoms with E-state index in [-0.39, 0.29) is 6.03 Å². The van der Waals surface area contributed by atoms with Crippen LogP contribution in [0.4, 0.5) is 16.2 Å². The number of fused-ring (bicyclic) bond motifs is 1. The zero-order valence-electron chi connectivity index (χ0n) is 14.2. The van der Waals surface area contributed by atoms with Gasteiger partial charge in [0.25, 0.3) is 0 Å². The van der Waals surface area contributed by atoms with E-state index in [9.17, 15) is 9.59 Å². The quantitative estimate of drug-likeness (QED) is 0.850. The normalized spacial score (nSPS) is 13.7. The van der Waals surface area contributed by atoms with Crippen molar-refractivity contribution in [3.63, 3.8) is 0 Å². The van der Waals surface area contributed by atoms with Gasteiger partial charge >= 0.3 is 12.0 Å². The largest absolute Gasteiger partial charge is 0.465 e. The summed E-state index contributed by atoms with van der Waals surface area (Å²) in [5, 5.41) is 2.80. The number of hydrogen-bond acceptors (Lipinski definition) is 5. The number of carbonyl (C=O) groups is 2. The molecule has 7 heteroatoms. The van der Waals surface area contributed by atoms with Crippen LogP contribution in [0.15, 0.2) is 42.7 Å². The number of nitrogens with one attached hydrogen (secondary N) is 1. The summed E-state index contributed by atoms with van der Waals surface area (Å²) in [6.07, 6.45) is 2.90. The average molecular weight is 340 g/mol. The first-order valence-electron chi connectivity index (χ1n) is 7.97. The molecular weight excluding hydrogens is 320 g/mol. The Labute approximate surface area is 146 Å². The Morgan fingerprint density at radius 3 is 2.80 bits per heavy atom. The molecule has 1 N–H and O–H groups in total. The molecule has 2 aromatic rings. The summed E-state index contributed by atoms with van der Waals surface area (Å²) in [7, 11) is 3.32. The van der Waals surface area contributed by atoms with Gasteiger partial charge in [-0.2, -0.15) is 0 Å². The molecule has 2 heterocycles. The second kappa shape index (κ2) is 7.21. The van der Waals surface area contributed by atoms with Gasteiger partial charge in [-0.05, 0) is 17.7 Å². The summed E-state index contributed by atoms with van der Waals surface area (Å²) in [6.45, 7) is 1.86. The van der Waals surface area contributed by atoms with Gasteiger partial charge in [0.05, 0.1) is 24.6 Å². The highest BCUT2D eigenvalue weighted by Gasteiger charge is 2.21. The maximum Gasteiger partial charge on any atom is 0.339 e. The Morgan fingerprint density at radius 2 is 2.00 bits per heavy atom. The standard InChI is InChI=1S/C18H20N4O3/c1-21-7-8-22(12-13-5-3-4-6-16(13)21)18(24)20-15-9-14(10-19-11-15)17(23)25-2/h3-6,9-11H,7-8,12H2,1-2H3,(H,20,24). The molecule has 0 radical (unpaired) electrons. The minimum atomic E-state index is -0.492. The Hall–Kier alpha value is -3.09. The monoisotopic (exact) mass is 340 g/mol.